The summed E-state index contributed by atoms with van der Waals surface area (Å²) in [6.45, 7) is 3.50. The van der Waals surface area contributed by atoms with E-state index in [-0.39, 0.29) is 12.5 Å². The van der Waals surface area contributed by atoms with Crippen LogP contribution >= 0.6 is 0 Å². The fourth-order valence-electron chi connectivity index (χ4n) is 2.28. The highest BCUT2D eigenvalue weighted by molar-refractivity contribution is 5.85. The van der Waals surface area contributed by atoms with Gasteiger partial charge in [-0.25, -0.2) is 0 Å². The summed E-state index contributed by atoms with van der Waals surface area (Å²) in [6.07, 6.45) is 2.58. The Hall–Kier alpha value is -1.84. The molecular formula is C16H23NO3. The number of likely N-dealkylation sites (N-methyl/N-ethyl adjacent to an activating group) is 1. The van der Waals surface area contributed by atoms with Crippen LogP contribution in [-0.4, -0.2) is 35.5 Å². The Labute approximate surface area is 120 Å². The second-order valence-corrected chi connectivity index (χ2v) is 5.78. The van der Waals surface area contributed by atoms with Crippen molar-refractivity contribution in [3.8, 4) is 0 Å². The van der Waals surface area contributed by atoms with Crippen LogP contribution in [0.25, 0.3) is 0 Å². The van der Waals surface area contributed by atoms with Crippen LogP contribution in [0.15, 0.2) is 30.3 Å². The topological polar surface area (TPSA) is 57.6 Å². The first-order chi connectivity index (χ1) is 9.33. The number of nitrogens with zero attached hydrogens (tertiary/aromatic N) is 1. The van der Waals surface area contributed by atoms with Gasteiger partial charge in [-0.3, -0.25) is 9.59 Å². The molecule has 1 amide bonds. The highest BCUT2D eigenvalue weighted by Gasteiger charge is 2.30. The fourth-order valence-corrected chi connectivity index (χ4v) is 2.28. The van der Waals surface area contributed by atoms with Crippen LogP contribution in [-0.2, 0) is 16.0 Å². The first kappa shape index (κ1) is 16.2. The van der Waals surface area contributed by atoms with Crippen molar-refractivity contribution in [2.24, 2.45) is 5.41 Å². The number of aryl methyl sites for hydroxylation is 1. The average molecular weight is 277 g/mol. The molecule has 0 spiro atoms. The van der Waals surface area contributed by atoms with Gasteiger partial charge in [0.1, 0.15) is 6.54 Å². The summed E-state index contributed by atoms with van der Waals surface area (Å²) in [5, 5.41) is 8.73. The first-order valence-corrected chi connectivity index (χ1v) is 6.84. The van der Waals surface area contributed by atoms with Crippen LogP contribution in [0.4, 0.5) is 0 Å². The zero-order valence-corrected chi connectivity index (χ0v) is 12.4. The molecule has 0 fully saturated rings. The van der Waals surface area contributed by atoms with E-state index in [9.17, 15) is 9.59 Å². The van der Waals surface area contributed by atoms with E-state index in [1.54, 1.807) is 0 Å². The normalized spacial score (nSPS) is 11.2. The number of hydrogen-bond acceptors (Lipinski definition) is 2. The molecule has 1 aromatic carbocycles. The van der Waals surface area contributed by atoms with E-state index in [4.69, 9.17) is 5.11 Å². The van der Waals surface area contributed by atoms with Gasteiger partial charge in [0.05, 0.1) is 0 Å². The van der Waals surface area contributed by atoms with Gasteiger partial charge in [-0.1, -0.05) is 44.2 Å². The minimum atomic E-state index is -0.985. The van der Waals surface area contributed by atoms with Crippen LogP contribution in [0.1, 0.15) is 32.3 Å². The SMILES string of the molecule is CN(CC(=O)O)C(=O)C(C)(C)CCCc1ccccc1. The largest absolute Gasteiger partial charge is 0.480 e. The van der Waals surface area contributed by atoms with Crippen molar-refractivity contribution < 1.29 is 14.7 Å². The summed E-state index contributed by atoms with van der Waals surface area (Å²) in [6, 6.07) is 10.1. The Balaban J connectivity index is 2.48. The number of carbonyl (C=O) groups is 2. The van der Waals surface area contributed by atoms with Crippen LogP contribution in [0.5, 0.6) is 0 Å². The van der Waals surface area contributed by atoms with Crippen molar-refractivity contribution in [2.45, 2.75) is 33.1 Å². The number of benzene rings is 1. The third-order valence-corrected chi connectivity index (χ3v) is 3.41. The molecule has 0 radical (unpaired) electrons. The van der Waals surface area contributed by atoms with Gasteiger partial charge >= 0.3 is 5.97 Å². The minimum Gasteiger partial charge on any atom is -0.480 e. The molecule has 4 nitrogen and oxygen atoms in total. The van der Waals surface area contributed by atoms with E-state index in [2.05, 4.69) is 12.1 Å². The van der Waals surface area contributed by atoms with Gasteiger partial charge in [0.15, 0.2) is 0 Å². The van der Waals surface area contributed by atoms with E-state index >= 15 is 0 Å². The lowest BCUT2D eigenvalue weighted by atomic mass is 9.85. The van der Waals surface area contributed by atoms with Gasteiger partial charge < -0.3 is 10.0 Å². The summed E-state index contributed by atoms with van der Waals surface area (Å²) in [4.78, 5) is 24.1. The van der Waals surface area contributed by atoms with E-state index in [0.29, 0.717) is 0 Å². The van der Waals surface area contributed by atoms with Crippen molar-refractivity contribution in [1.29, 1.82) is 0 Å². The number of carboxylic acids is 1. The maximum atomic E-state index is 12.2. The lowest BCUT2D eigenvalue weighted by Gasteiger charge is -2.28. The molecule has 0 atom stereocenters. The predicted molar refractivity (Wildman–Crippen MR) is 78.4 cm³/mol. The molecule has 1 N–H and O–H groups in total. The van der Waals surface area contributed by atoms with Gasteiger partial charge in [0, 0.05) is 12.5 Å². The number of carbonyl (C=O) groups excluding carboxylic acids is 1. The van der Waals surface area contributed by atoms with E-state index in [1.807, 2.05) is 32.0 Å². The van der Waals surface area contributed by atoms with E-state index < -0.39 is 11.4 Å². The van der Waals surface area contributed by atoms with Crippen LogP contribution < -0.4 is 0 Å². The molecular weight excluding hydrogens is 254 g/mol. The Morgan fingerprint density at radius 1 is 1.20 bits per heavy atom. The molecule has 0 saturated carbocycles. The van der Waals surface area contributed by atoms with Gasteiger partial charge in [-0.15, -0.1) is 0 Å². The summed E-state index contributed by atoms with van der Waals surface area (Å²) >= 11 is 0. The second-order valence-electron chi connectivity index (χ2n) is 5.78. The van der Waals surface area contributed by atoms with Crippen molar-refractivity contribution in [2.75, 3.05) is 13.6 Å². The van der Waals surface area contributed by atoms with Gasteiger partial charge in [-0.05, 0) is 24.8 Å². The van der Waals surface area contributed by atoms with Gasteiger partial charge in [-0.2, -0.15) is 0 Å². The summed E-state index contributed by atoms with van der Waals surface area (Å²) in [7, 11) is 1.54. The summed E-state index contributed by atoms with van der Waals surface area (Å²) in [5.74, 6) is -1.10. The zero-order chi connectivity index (χ0) is 15.2. The second kappa shape index (κ2) is 7.08. The number of hydrogen-bond donors (Lipinski definition) is 1. The Kier molecular flexibility index (Phi) is 5.74. The number of amides is 1. The molecule has 110 valence electrons. The van der Waals surface area contributed by atoms with E-state index in [1.165, 1.54) is 17.5 Å². The maximum Gasteiger partial charge on any atom is 0.323 e. The van der Waals surface area contributed by atoms with Crippen LogP contribution in [0, 0.1) is 5.41 Å². The molecule has 0 aliphatic carbocycles. The van der Waals surface area contributed by atoms with Crippen molar-refractivity contribution >= 4 is 11.9 Å². The minimum absolute atomic E-state index is 0.118. The van der Waals surface area contributed by atoms with Crippen molar-refractivity contribution in [3.05, 3.63) is 35.9 Å². The summed E-state index contributed by atoms with van der Waals surface area (Å²) in [5.41, 5.74) is 0.730. The Morgan fingerprint density at radius 2 is 1.80 bits per heavy atom. The lowest BCUT2D eigenvalue weighted by molar-refractivity contribution is -0.147. The molecule has 1 rings (SSSR count). The monoisotopic (exact) mass is 277 g/mol. The first-order valence-electron chi connectivity index (χ1n) is 6.84. The van der Waals surface area contributed by atoms with Gasteiger partial charge in [0.2, 0.25) is 5.91 Å². The predicted octanol–water partition coefficient (Wildman–Crippen LogP) is 2.58. The fraction of sp³-hybridized carbons (Fsp3) is 0.500. The van der Waals surface area contributed by atoms with Crippen molar-refractivity contribution in [3.63, 3.8) is 0 Å². The Morgan fingerprint density at radius 3 is 2.35 bits per heavy atom. The number of carboxylic acid groups (broad SMARTS) is 1. The average Bonchev–Trinajstić information content (AvgIpc) is 2.38. The molecule has 0 aliphatic rings. The van der Waals surface area contributed by atoms with E-state index in [0.717, 1.165) is 19.3 Å². The zero-order valence-electron chi connectivity index (χ0n) is 12.4. The highest BCUT2D eigenvalue weighted by Crippen LogP contribution is 2.25. The quantitative estimate of drug-likeness (QED) is 0.833. The van der Waals surface area contributed by atoms with Crippen LogP contribution in [0.3, 0.4) is 0 Å². The molecule has 0 aliphatic heterocycles. The number of rotatable bonds is 7. The standard InChI is InChI=1S/C16H23NO3/c1-16(2,15(20)17(3)12-14(18)19)11-7-10-13-8-5-4-6-9-13/h4-6,8-9H,7,10-12H2,1-3H3,(H,18,19). The molecule has 4 heteroatoms. The Bertz CT molecular complexity index is 454. The molecule has 0 unspecified atom stereocenters. The van der Waals surface area contributed by atoms with Crippen molar-refractivity contribution in [1.82, 2.24) is 4.90 Å². The number of aliphatic carboxylic acids is 1. The van der Waals surface area contributed by atoms with Crippen LogP contribution in [0.2, 0.25) is 0 Å². The molecule has 0 bridgehead atoms. The smallest absolute Gasteiger partial charge is 0.323 e. The molecule has 0 aromatic heterocycles. The molecule has 1 aromatic rings. The third kappa shape index (κ3) is 5.03. The van der Waals surface area contributed by atoms with Gasteiger partial charge in [0.25, 0.3) is 0 Å². The lowest BCUT2D eigenvalue weighted by Crippen LogP contribution is -2.41. The molecule has 0 heterocycles. The third-order valence-electron chi connectivity index (χ3n) is 3.41. The highest BCUT2D eigenvalue weighted by atomic mass is 16.4. The summed E-state index contributed by atoms with van der Waals surface area (Å²) < 4.78 is 0. The molecule has 20 heavy (non-hydrogen) atoms. The maximum absolute atomic E-state index is 12.2. The molecule has 0 saturated heterocycles.